The van der Waals surface area contributed by atoms with E-state index in [0.717, 1.165) is 17.8 Å². The highest BCUT2D eigenvalue weighted by Gasteiger charge is 2.11. The van der Waals surface area contributed by atoms with Gasteiger partial charge in [-0.2, -0.15) is 0 Å². The van der Waals surface area contributed by atoms with Gasteiger partial charge in [-0.15, -0.1) is 11.3 Å². The first-order valence-corrected chi connectivity index (χ1v) is 6.91. The molecule has 92 valence electrons. The zero-order valence-electron chi connectivity index (χ0n) is 10.8. The average molecular weight is 249 g/mol. The fourth-order valence-electron chi connectivity index (χ4n) is 2.07. The number of nitrogens with one attached hydrogen (secondary N) is 1. The molecule has 1 atom stereocenters. The topological polar surface area (TPSA) is 37.8 Å². The number of aryl methyl sites for hydroxylation is 1. The van der Waals surface area contributed by atoms with Gasteiger partial charge in [0.25, 0.3) is 0 Å². The monoisotopic (exact) mass is 249 g/mol. The van der Waals surface area contributed by atoms with Crippen molar-refractivity contribution in [1.82, 2.24) is 9.97 Å². The molecular weight excluding hydrogens is 230 g/mol. The van der Waals surface area contributed by atoms with Gasteiger partial charge in [0.1, 0.15) is 12.1 Å². The predicted molar refractivity (Wildman–Crippen MR) is 74.7 cm³/mol. The molecule has 0 amide bonds. The number of hydrogen-bond donors (Lipinski definition) is 1. The summed E-state index contributed by atoms with van der Waals surface area (Å²) >= 11 is 1.71. The molecule has 0 aliphatic carbocycles. The van der Waals surface area contributed by atoms with Crippen molar-refractivity contribution in [2.45, 2.75) is 40.2 Å². The summed E-state index contributed by atoms with van der Waals surface area (Å²) in [5, 5.41) is 5.63. The Morgan fingerprint density at radius 3 is 2.76 bits per heavy atom. The lowest BCUT2D eigenvalue weighted by Crippen LogP contribution is -2.18. The van der Waals surface area contributed by atoms with Crippen LogP contribution in [0.5, 0.6) is 0 Å². The Kier molecular flexibility index (Phi) is 3.62. The van der Waals surface area contributed by atoms with Crippen LogP contribution in [0, 0.1) is 12.8 Å². The third kappa shape index (κ3) is 2.75. The fourth-order valence-corrected chi connectivity index (χ4v) is 3.03. The predicted octanol–water partition coefficient (Wildman–Crippen LogP) is 3.85. The van der Waals surface area contributed by atoms with Gasteiger partial charge in [0.05, 0.1) is 10.2 Å². The first-order valence-electron chi connectivity index (χ1n) is 6.03. The molecule has 2 heterocycles. The van der Waals surface area contributed by atoms with E-state index in [-0.39, 0.29) is 0 Å². The number of nitrogens with zero attached hydrogens (tertiary/aromatic N) is 2. The van der Waals surface area contributed by atoms with Crippen LogP contribution in [-0.4, -0.2) is 16.0 Å². The number of rotatable bonds is 4. The molecule has 0 aromatic carbocycles. The van der Waals surface area contributed by atoms with Crippen LogP contribution in [0.25, 0.3) is 10.2 Å². The summed E-state index contributed by atoms with van der Waals surface area (Å²) in [7, 11) is 0. The van der Waals surface area contributed by atoms with Crippen LogP contribution < -0.4 is 5.32 Å². The van der Waals surface area contributed by atoms with E-state index in [9.17, 15) is 0 Å². The largest absolute Gasteiger partial charge is 0.366 e. The van der Waals surface area contributed by atoms with Gasteiger partial charge < -0.3 is 5.32 Å². The van der Waals surface area contributed by atoms with Crippen LogP contribution >= 0.6 is 11.3 Å². The van der Waals surface area contributed by atoms with Crippen LogP contribution in [0.4, 0.5) is 5.82 Å². The second kappa shape index (κ2) is 5.00. The van der Waals surface area contributed by atoms with Gasteiger partial charge in [-0.05, 0) is 37.1 Å². The van der Waals surface area contributed by atoms with Gasteiger partial charge in [-0.25, -0.2) is 9.97 Å². The molecule has 1 unspecified atom stereocenters. The zero-order chi connectivity index (χ0) is 12.4. The molecule has 3 nitrogen and oxygen atoms in total. The Hall–Kier alpha value is -1.16. The highest BCUT2D eigenvalue weighted by atomic mass is 32.1. The van der Waals surface area contributed by atoms with E-state index in [2.05, 4.69) is 48.4 Å². The molecule has 4 heteroatoms. The lowest BCUT2D eigenvalue weighted by Gasteiger charge is -2.16. The highest BCUT2D eigenvalue weighted by Crippen LogP contribution is 2.29. The molecule has 0 aliphatic rings. The molecule has 2 aromatic heterocycles. The Morgan fingerprint density at radius 2 is 2.06 bits per heavy atom. The molecule has 0 saturated carbocycles. The summed E-state index contributed by atoms with van der Waals surface area (Å²) in [6.07, 6.45) is 2.79. The van der Waals surface area contributed by atoms with E-state index in [1.807, 2.05) is 0 Å². The van der Waals surface area contributed by atoms with Crippen LogP contribution in [0.3, 0.4) is 0 Å². The van der Waals surface area contributed by atoms with E-state index >= 15 is 0 Å². The van der Waals surface area contributed by atoms with Crippen molar-refractivity contribution >= 4 is 27.4 Å². The molecule has 0 radical (unpaired) electrons. The van der Waals surface area contributed by atoms with Crippen molar-refractivity contribution in [3.8, 4) is 0 Å². The van der Waals surface area contributed by atoms with Gasteiger partial charge in [0.15, 0.2) is 0 Å². The average Bonchev–Trinajstić information content (AvgIpc) is 2.61. The Bertz CT molecular complexity index is 504. The summed E-state index contributed by atoms with van der Waals surface area (Å²) in [5.41, 5.74) is 2.30. The Labute approximate surface area is 106 Å². The van der Waals surface area contributed by atoms with Gasteiger partial charge in [-0.1, -0.05) is 13.8 Å². The molecule has 17 heavy (non-hydrogen) atoms. The maximum absolute atomic E-state index is 4.36. The SMILES string of the molecule is Cc1csc2c(NC(C)CC(C)C)ncnc12. The van der Waals surface area contributed by atoms with Gasteiger partial charge in [0, 0.05) is 6.04 Å². The van der Waals surface area contributed by atoms with Gasteiger partial charge in [-0.3, -0.25) is 0 Å². The molecule has 2 aromatic rings. The summed E-state index contributed by atoms with van der Waals surface area (Å²) in [5.74, 6) is 1.67. The van der Waals surface area contributed by atoms with E-state index in [1.165, 1.54) is 10.3 Å². The minimum Gasteiger partial charge on any atom is -0.366 e. The molecule has 1 N–H and O–H groups in total. The highest BCUT2D eigenvalue weighted by molar-refractivity contribution is 7.18. The van der Waals surface area contributed by atoms with E-state index in [1.54, 1.807) is 17.7 Å². The van der Waals surface area contributed by atoms with Crippen molar-refractivity contribution in [3.63, 3.8) is 0 Å². The standard InChI is InChI=1S/C13H19N3S/c1-8(2)5-10(4)16-13-12-11(14-7-15-13)9(3)6-17-12/h6-8,10H,5H2,1-4H3,(H,14,15,16). The smallest absolute Gasteiger partial charge is 0.147 e. The summed E-state index contributed by atoms with van der Waals surface area (Å²) < 4.78 is 1.17. The summed E-state index contributed by atoms with van der Waals surface area (Å²) in [6.45, 7) is 8.77. The Morgan fingerprint density at radius 1 is 1.29 bits per heavy atom. The number of fused-ring (bicyclic) bond motifs is 1. The second-order valence-corrected chi connectivity index (χ2v) is 5.87. The molecule has 0 fully saturated rings. The van der Waals surface area contributed by atoms with Crippen LogP contribution in [-0.2, 0) is 0 Å². The molecule has 0 bridgehead atoms. The van der Waals surface area contributed by atoms with Crippen molar-refractivity contribution in [3.05, 3.63) is 17.3 Å². The summed E-state index contributed by atoms with van der Waals surface area (Å²) in [4.78, 5) is 8.68. The fraction of sp³-hybridized carbons (Fsp3) is 0.538. The van der Waals surface area contributed by atoms with Crippen LogP contribution in [0.15, 0.2) is 11.7 Å². The molecule has 0 aliphatic heterocycles. The number of anilines is 1. The van der Waals surface area contributed by atoms with E-state index < -0.39 is 0 Å². The van der Waals surface area contributed by atoms with Crippen molar-refractivity contribution in [2.24, 2.45) is 5.92 Å². The van der Waals surface area contributed by atoms with Crippen molar-refractivity contribution < 1.29 is 0 Å². The molecular formula is C13H19N3S. The molecule has 2 rings (SSSR count). The number of thiophene rings is 1. The molecule has 0 saturated heterocycles. The third-order valence-electron chi connectivity index (χ3n) is 2.74. The van der Waals surface area contributed by atoms with Crippen LogP contribution in [0.2, 0.25) is 0 Å². The number of hydrogen-bond acceptors (Lipinski definition) is 4. The zero-order valence-corrected chi connectivity index (χ0v) is 11.6. The van der Waals surface area contributed by atoms with Crippen molar-refractivity contribution in [2.75, 3.05) is 5.32 Å². The maximum atomic E-state index is 4.36. The van der Waals surface area contributed by atoms with E-state index in [0.29, 0.717) is 12.0 Å². The summed E-state index contributed by atoms with van der Waals surface area (Å²) in [6, 6.07) is 0.440. The maximum Gasteiger partial charge on any atom is 0.147 e. The van der Waals surface area contributed by atoms with Gasteiger partial charge >= 0.3 is 0 Å². The first-order chi connectivity index (χ1) is 8.08. The third-order valence-corrected chi connectivity index (χ3v) is 3.83. The quantitative estimate of drug-likeness (QED) is 0.894. The Balaban J connectivity index is 2.24. The van der Waals surface area contributed by atoms with E-state index in [4.69, 9.17) is 0 Å². The van der Waals surface area contributed by atoms with Gasteiger partial charge in [0.2, 0.25) is 0 Å². The lowest BCUT2D eigenvalue weighted by molar-refractivity contribution is 0.539. The number of aromatic nitrogens is 2. The normalized spacial score (nSPS) is 13.2. The van der Waals surface area contributed by atoms with Crippen LogP contribution in [0.1, 0.15) is 32.8 Å². The van der Waals surface area contributed by atoms with Crippen molar-refractivity contribution in [1.29, 1.82) is 0 Å². The minimum absolute atomic E-state index is 0.440. The molecule has 0 spiro atoms. The lowest BCUT2D eigenvalue weighted by atomic mass is 10.1. The minimum atomic E-state index is 0.440. The first kappa shape index (κ1) is 12.3. The second-order valence-electron chi connectivity index (χ2n) is 4.99.